The van der Waals surface area contributed by atoms with Crippen LogP contribution in [0.4, 0.5) is 5.69 Å². The first-order chi connectivity index (χ1) is 11.7. The molecule has 3 heterocycles. The molecule has 0 radical (unpaired) electrons. The molecule has 138 valence electrons. The van der Waals surface area contributed by atoms with Crippen LogP contribution in [0.3, 0.4) is 0 Å². The van der Waals surface area contributed by atoms with Crippen molar-refractivity contribution >= 4 is 52.8 Å². The summed E-state index contributed by atoms with van der Waals surface area (Å²) in [4.78, 5) is 10.2. The molecule has 3 N–H and O–H groups in total. The van der Waals surface area contributed by atoms with Crippen molar-refractivity contribution in [2.24, 2.45) is 10.7 Å². The molecule has 3 aromatic rings. The molecule has 5 nitrogen and oxygen atoms in total. The lowest BCUT2D eigenvalue weighted by atomic mass is 9.99. The maximum atomic E-state index is 6.02. The van der Waals surface area contributed by atoms with E-state index in [2.05, 4.69) is 40.3 Å². The molecule has 0 aliphatic carbocycles. The van der Waals surface area contributed by atoms with Crippen molar-refractivity contribution in [3.8, 4) is 0 Å². The number of aliphatic imine (C=N–C) groups is 1. The average Bonchev–Trinajstić information content (AvgIpc) is 3.25. The number of fused-ring (bicyclic) bond motifs is 1. The third-order valence-corrected chi connectivity index (χ3v) is 4.45. The monoisotopic (exact) mass is 392 g/mol. The molecular formula is C19H22Cl2N4O. The van der Waals surface area contributed by atoms with Gasteiger partial charge in [-0.2, -0.15) is 0 Å². The molecule has 0 amide bonds. The number of nitrogens with two attached hydrogens (primary N) is 1. The number of nitrogens with zero attached hydrogens (tertiary/aromatic N) is 2. The van der Waals surface area contributed by atoms with E-state index in [1.165, 1.54) is 16.5 Å². The smallest absolute Gasteiger partial charge is 0.168 e. The topological polar surface area (TPSA) is 70.5 Å². The summed E-state index contributed by atoms with van der Waals surface area (Å²) in [6.45, 7) is 2.08. The number of aromatic amines is 1. The minimum atomic E-state index is 0. The van der Waals surface area contributed by atoms with Crippen molar-refractivity contribution in [1.29, 1.82) is 0 Å². The number of likely N-dealkylation sites (N-methyl/N-ethyl adjacent to an activating group) is 1. The highest BCUT2D eigenvalue weighted by molar-refractivity contribution is 5.98. The van der Waals surface area contributed by atoms with Gasteiger partial charge in [0, 0.05) is 35.8 Å². The van der Waals surface area contributed by atoms with Crippen LogP contribution in [-0.4, -0.2) is 35.9 Å². The number of nitrogens with one attached hydrogen (secondary N) is 1. The minimum absolute atomic E-state index is 0. The fourth-order valence-corrected chi connectivity index (χ4v) is 3.08. The van der Waals surface area contributed by atoms with E-state index in [4.69, 9.17) is 10.2 Å². The Kier molecular flexibility index (Phi) is 6.53. The molecular weight excluding hydrogens is 371 g/mol. The minimum Gasteiger partial charge on any atom is -0.461 e. The molecule has 2 aromatic heterocycles. The Morgan fingerprint density at radius 1 is 1.27 bits per heavy atom. The summed E-state index contributed by atoms with van der Waals surface area (Å²) in [5, 5.41) is 1.18. The van der Waals surface area contributed by atoms with Gasteiger partial charge in [-0.15, -0.1) is 24.8 Å². The van der Waals surface area contributed by atoms with Gasteiger partial charge in [0.15, 0.2) is 11.6 Å². The maximum absolute atomic E-state index is 6.02. The zero-order valence-electron chi connectivity index (χ0n) is 14.4. The van der Waals surface area contributed by atoms with Crippen molar-refractivity contribution in [2.75, 3.05) is 20.1 Å². The van der Waals surface area contributed by atoms with Gasteiger partial charge >= 0.3 is 0 Å². The number of furan rings is 1. The molecule has 0 atom stereocenters. The quantitative estimate of drug-likeness (QED) is 0.513. The Hall–Kier alpha value is -2.21. The Morgan fingerprint density at radius 3 is 2.81 bits per heavy atom. The van der Waals surface area contributed by atoms with Gasteiger partial charge in [0.1, 0.15) is 0 Å². The van der Waals surface area contributed by atoms with E-state index < -0.39 is 0 Å². The van der Waals surface area contributed by atoms with Crippen LogP contribution in [0, 0.1) is 0 Å². The normalized spacial score (nSPS) is 15.3. The van der Waals surface area contributed by atoms with Crippen LogP contribution in [-0.2, 0) is 0 Å². The van der Waals surface area contributed by atoms with Crippen LogP contribution in [0.2, 0.25) is 0 Å². The lowest BCUT2D eigenvalue weighted by Gasteiger charge is -2.21. The molecule has 0 spiro atoms. The van der Waals surface area contributed by atoms with Gasteiger partial charge < -0.3 is 20.0 Å². The number of rotatable bonds is 3. The highest BCUT2D eigenvalue weighted by Crippen LogP contribution is 2.31. The Labute approximate surface area is 164 Å². The number of hydrogen-bond donors (Lipinski definition) is 2. The van der Waals surface area contributed by atoms with E-state index in [0.29, 0.717) is 11.6 Å². The number of H-pyrrole nitrogens is 1. The third kappa shape index (κ3) is 3.96. The fraction of sp³-hybridized carbons (Fsp3) is 0.211. The lowest BCUT2D eigenvalue weighted by molar-refractivity contribution is 0.370. The second kappa shape index (κ2) is 8.45. The first-order valence-electron chi connectivity index (χ1n) is 8.08. The number of halogens is 2. The number of hydrogen-bond acceptors (Lipinski definition) is 3. The fourth-order valence-electron chi connectivity index (χ4n) is 3.08. The zero-order valence-corrected chi connectivity index (χ0v) is 16.1. The van der Waals surface area contributed by atoms with Crippen LogP contribution in [0.25, 0.3) is 16.5 Å². The molecule has 1 aliphatic rings. The number of amidine groups is 1. The molecule has 4 rings (SSSR count). The van der Waals surface area contributed by atoms with Crippen molar-refractivity contribution in [1.82, 2.24) is 9.88 Å². The van der Waals surface area contributed by atoms with Crippen LogP contribution in [0.15, 0.2) is 58.3 Å². The Morgan fingerprint density at radius 2 is 2.12 bits per heavy atom. The van der Waals surface area contributed by atoms with Crippen LogP contribution in [0.5, 0.6) is 0 Å². The van der Waals surface area contributed by atoms with E-state index in [0.717, 1.165) is 30.7 Å². The standard InChI is InChI=1S/C19H20N4O.2ClH/c1-23-8-6-13(7-9-23)16-12-21-17-5-4-14(11-15(16)17)22-19(20)18-3-2-10-24-18;;/h2-6,10-12,21H,7-9H2,1H3,(H2,20,22);2*1H. The molecule has 1 aromatic carbocycles. The second-order valence-electron chi connectivity index (χ2n) is 6.15. The average molecular weight is 393 g/mol. The first-order valence-corrected chi connectivity index (χ1v) is 8.08. The summed E-state index contributed by atoms with van der Waals surface area (Å²) in [5.74, 6) is 0.970. The third-order valence-electron chi connectivity index (χ3n) is 4.45. The maximum Gasteiger partial charge on any atom is 0.168 e. The molecule has 0 fully saturated rings. The molecule has 0 saturated heterocycles. The molecule has 26 heavy (non-hydrogen) atoms. The summed E-state index contributed by atoms with van der Waals surface area (Å²) in [5.41, 5.74) is 10.6. The van der Waals surface area contributed by atoms with E-state index in [1.54, 1.807) is 12.3 Å². The Bertz CT molecular complexity index is 928. The van der Waals surface area contributed by atoms with E-state index in [9.17, 15) is 0 Å². The van der Waals surface area contributed by atoms with Crippen molar-refractivity contribution in [2.45, 2.75) is 6.42 Å². The highest BCUT2D eigenvalue weighted by Gasteiger charge is 2.14. The van der Waals surface area contributed by atoms with E-state index in [1.807, 2.05) is 18.2 Å². The lowest BCUT2D eigenvalue weighted by Crippen LogP contribution is -2.23. The summed E-state index contributed by atoms with van der Waals surface area (Å²) in [7, 11) is 2.15. The van der Waals surface area contributed by atoms with Gasteiger partial charge in [-0.1, -0.05) is 6.08 Å². The van der Waals surface area contributed by atoms with Crippen LogP contribution < -0.4 is 5.73 Å². The van der Waals surface area contributed by atoms with Crippen molar-refractivity contribution < 1.29 is 4.42 Å². The molecule has 0 bridgehead atoms. The number of aromatic nitrogens is 1. The summed E-state index contributed by atoms with van der Waals surface area (Å²) < 4.78 is 5.29. The van der Waals surface area contributed by atoms with Gasteiger partial charge in [-0.05, 0) is 49.4 Å². The summed E-state index contributed by atoms with van der Waals surface area (Å²) in [6.07, 6.45) is 7.05. The van der Waals surface area contributed by atoms with E-state index in [-0.39, 0.29) is 24.8 Å². The zero-order chi connectivity index (χ0) is 16.5. The molecule has 0 unspecified atom stereocenters. The van der Waals surface area contributed by atoms with Crippen molar-refractivity contribution in [3.05, 3.63) is 60.2 Å². The van der Waals surface area contributed by atoms with Crippen LogP contribution in [0.1, 0.15) is 17.7 Å². The number of benzene rings is 1. The van der Waals surface area contributed by atoms with Gasteiger partial charge in [-0.3, -0.25) is 0 Å². The van der Waals surface area contributed by atoms with E-state index >= 15 is 0 Å². The van der Waals surface area contributed by atoms with Gasteiger partial charge in [-0.25, -0.2) is 4.99 Å². The van der Waals surface area contributed by atoms with Crippen molar-refractivity contribution in [3.63, 3.8) is 0 Å². The molecule has 7 heteroatoms. The predicted molar refractivity (Wildman–Crippen MR) is 112 cm³/mol. The first kappa shape index (κ1) is 20.1. The van der Waals surface area contributed by atoms with Gasteiger partial charge in [0.05, 0.1) is 12.0 Å². The van der Waals surface area contributed by atoms with Gasteiger partial charge in [0.25, 0.3) is 0 Å². The van der Waals surface area contributed by atoms with Gasteiger partial charge in [0.2, 0.25) is 0 Å². The summed E-state index contributed by atoms with van der Waals surface area (Å²) >= 11 is 0. The largest absolute Gasteiger partial charge is 0.461 e. The van der Waals surface area contributed by atoms with Crippen LogP contribution >= 0.6 is 24.8 Å². The highest BCUT2D eigenvalue weighted by atomic mass is 35.5. The summed E-state index contributed by atoms with van der Waals surface area (Å²) in [6, 6.07) is 9.69. The second-order valence-corrected chi connectivity index (χ2v) is 6.15. The molecule has 0 saturated carbocycles. The predicted octanol–water partition coefficient (Wildman–Crippen LogP) is 4.36. The Balaban J connectivity index is 0.00000121. The SMILES string of the molecule is CN1CC=C(c2c[nH]c3ccc(N=C(N)c4ccco4)cc23)CC1.Cl.Cl. The molecule has 1 aliphatic heterocycles.